The van der Waals surface area contributed by atoms with Crippen molar-refractivity contribution in [1.82, 2.24) is 0 Å². The van der Waals surface area contributed by atoms with E-state index in [1.54, 1.807) is 0 Å². The van der Waals surface area contributed by atoms with Crippen LogP contribution in [0.3, 0.4) is 0 Å². The van der Waals surface area contributed by atoms with Crippen LogP contribution in [0.5, 0.6) is 0 Å². The highest BCUT2D eigenvalue weighted by atomic mass is 35.5. The third kappa shape index (κ3) is 3.42. The lowest BCUT2D eigenvalue weighted by atomic mass is 10.0. The second-order valence-electron chi connectivity index (χ2n) is 8.34. The van der Waals surface area contributed by atoms with Gasteiger partial charge in [0.1, 0.15) is 6.17 Å². The summed E-state index contributed by atoms with van der Waals surface area (Å²) >= 11 is 12.6. The normalized spacial score (nSPS) is 15.4. The zero-order chi connectivity index (χ0) is 20.9. The van der Waals surface area contributed by atoms with Crippen molar-refractivity contribution >= 4 is 34.6 Å². The molecular weight excluding hydrogens is 387 g/mol. The Bertz CT molecular complexity index is 840. The molecule has 2 aromatic rings. The Kier molecular flexibility index (Phi) is 5.76. The summed E-state index contributed by atoms with van der Waals surface area (Å²) in [4.78, 5) is 4.99. The molecule has 0 aliphatic carbocycles. The van der Waals surface area contributed by atoms with Gasteiger partial charge in [0, 0.05) is 32.8 Å². The number of hydrogen-bond donors (Lipinski definition) is 0. The molecule has 0 spiro atoms. The van der Waals surface area contributed by atoms with Crippen LogP contribution in [0.4, 0.5) is 11.4 Å². The van der Waals surface area contributed by atoms with Gasteiger partial charge in [-0.15, -0.1) is 0 Å². The monoisotopic (exact) mass is 416 g/mol. The molecule has 0 saturated carbocycles. The van der Waals surface area contributed by atoms with Crippen LogP contribution in [0, 0.1) is 33.6 Å². The van der Waals surface area contributed by atoms with Crippen molar-refractivity contribution in [2.24, 2.45) is 5.92 Å². The standard InChI is InChI=1S/C24H30Cl2N2/c1-13(2)24-27(22-14(3)9-20(25)10-15(22)4)18(7)19(8)28(24)23-16(5)11-21(26)12-17(23)6/h9-13,24H,1-8H3. The van der Waals surface area contributed by atoms with Crippen molar-refractivity contribution in [3.05, 3.63) is 68.0 Å². The molecule has 3 rings (SSSR count). The maximum Gasteiger partial charge on any atom is 0.113 e. The first-order valence-corrected chi connectivity index (χ1v) is 10.6. The van der Waals surface area contributed by atoms with Gasteiger partial charge >= 0.3 is 0 Å². The van der Waals surface area contributed by atoms with Gasteiger partial charge in [-0.3, -0.25) is 0 Å². The van der Waals surface area contributed by atoms with Crippen LogP contribution in [0.2, 0.25) is 10.0 Å². The van der Waals surface area contributed by atoms with Crippen molar-refractivity contribution in [2.75, 3.05) is 9.80 Å². The minimum absolute atomic E-state index is 0.192. The van der Waals surface area contributed by atoms with Gasteiger partial charge < -0.3 is 9.80 Å². The highest BCUT2D eigenvalue weighted by Crippen LogP contribution is 2.45. The fourth-order valence-corrected chi connectivity index (χ4v) is 5.28. The Balaban J connectivity index is 2.24. The van der Waals surface area contributed by atoms with Gasteiger partial charge in [-0.05, 0) is 94.0 Å². The Morgan fingerprint density at radius 2 is 0.929 bits per heavy atom. The number of halogens is 2. The van der Waals surface area contributed by atoms with Crippen molar-refractivity contribution < 1.29 is 0 Å². The van der Waals surface area contributed by atoms with E-state index >= 15 is 0 Å². The molecule has 0 fully saturated rings. The summed E-state index contributed by atoms with van der Waals surface area (Å²) in [6.45, 7) is 17.6. The lowest BCUT2D eigenvalue weighted by Gasteiger charge is -2.40. The van der Waals surface area contributed by atoms with Crippen LogP contribution >= 0.6 is 23.2 Å². The van der Waals surface area contributed by atoms with Gasteiger partial charge in [0.25, 0.3) is 0 Å². The number of allylic oxidation sites excluding steroid dienone is 2. The van der Waals surface area contributed by atoms with Gasteiger partial charge in [0.05, 0.1) is 0 Å². The number of rotatable bonds is 3. The van der Waals surface area contributed by atoms with Crippen molar-refractivity contribution in [1.29, 1.82) is 0 Å². The highest BCUT2D eigenvalue weighted by molar-refractivity contribution is 6.31. The third-order valence-corrected chi connectivity index (χ3v) is 6.20. The number of nitrogens with zero attached hydrogens (tertiary/aromatic N) is 2. The second-order valence-corrected chi connectivity index (χ2v) is 9.22. The number of benzene rings is 2. The molecule has 0 radical (unpaired) electrons. The topological polar surface area (TPSA) is 6.48 Å². The van der Waals surface area contributed by atoms with Crippen LogP contribution in [-0.2, 0) is 0 Å². The zero-order valence-corrected chi connectivity index (χ0v) is 19.6. The summed E-state index contributed by atoms with van der Waals surface area (Å²) in [6.07, 6.45) is 0.192. The number of anilines is 2. The third-order valence-electron chi connectivity index (χ3n) is 5.77. The molecule has 1 heterocycles. The van der Waals surface area contributed by atoms with E-state index in [-0.39, 0.29) is 6.17 Å². The largest absolute Gasteiger partial charge is 0.322 e. The maximum absolute atomic E-state index is 6.32. The Hall–Kier alpha value is -1.64. The predicted molar refractivity (Wildman–Crippen MR) is 124 cm³/mol. The predicted octanol–water partition coefficient (Wildman–Crippen LogP) is 7.79. The Labute approximate surface area is 179 Å². The van der Waals surface area contributed by atoms with E-state index < -0.39 is 0 Å². The summed E-state index contributed by atoms with van der Waals surface area (Å²) in [5, 5.41) is 1.58. The van der Waals surface area contributed by atoms with E-state index in [4.69, 9.17) is 23.2 Å². The minimum atomic E-state index is 0.192. The molecule has 2 aromatic carbocycles. The summed E-state index contributed by atoms with van der Waals surface area (Å²) < 4.78 is 0. The quantitative estimate of drug-likeness (QED) is 0.503. The summed E-state index contributed by atoms with van der Waals surface area (Å²) in [5.41, 5.74) is 9.88. The van der Waals surface area contributed by atoms with E-state index in [2.05, 4.69) is 89.5 Å². The summed E-state index contributed by atoms with van der Waals surface area (Å²) in [7, 11) is 0. The molecule has 0 atom stereocenters. The molecule has 0 saturated heterocycles. The van der Waals surface area contributed by atoms with Crippen molar-refractivity contribution in [2.45, 2.75) is 61.6 Å². The first-order chi connectivity index (χ1) is 13.0. The summed E-state index contributed by atoms with van der Waals surface area (Å²) in [6, 6.07) is 8.24. The van der Waals surface area contributed by atoms with Crippen LogP contribution < -0.4 is 9.80 Å². The Morgan fingerprint density at radius 3 is 1.18 bits per heavy atom. The number of aryl methyl sites for hydroxylation is 4. The van der Waals surface area contributed by atoms with E-state index in [0.29, 0.717) is 5.92 Å². The number of hydrogen-bond acceptors (Lipinski definition) is 2. The fourth-order valence-electron chi connectivity index (χ4n) is 4.62. The van der Waals surface area contributed by atoms with Crippen molar-refractivity contribution in [3.8, 4) is 0 Å². The molecule has 0 bridgehead atoms. The van der Waals surface area contributed by atoms with E-state index in [1.165, 1.54) is 45.0 Å². The van der Waals surface area contributed by atoms with Crippen LogP contribution in [0.15, 0.2) is 35.7 Å². The average molecular weight is 417 g/mol. The fraction of sp³-hybridized carbons (Fsp3) is 0.417. The second kappa shape index (κ2) is 7.65. The van der Waals surface area contributed by atoms with Crippen LogP contribution in [-0.4, -0.2) is 6.17 Å². The first-order valence-electron chi connectivity index (χ1n) is 9.84. The molecule has 1 aliphatic heterocycles. The van der Waals surface area contributed by atoms with Crippen LogP contribution in [0.1, 0.15) is 49.9 Å². The van der Waals surface area contributed by atoms with Gasteiger partial charge in [-0.25, -0.2) is 0 Å². The maximum atomic E-state index is 6.32. The molecule has 0 N–H and O–H groups in total. The molecule has 0 aromatic heterocycles. The summed E-state index contributed by atoms with van der Waals surface area (Å²) in [5.74, 6) is 0.413. The molecule has 0 amide bonds. The molecule has 4 heteroatoms. The first kappa shape index (κ1) is 21.1. The average Bonchev–Trinajstić information content (AvgIpc) is 2.79. The minimum Gasteiger partial charge on any atom is -0.322 e. The smallest absolute Gasteiger partial charge is 0.113 e. The van der Waals surface area contributed by atoms with E-state index in [0.717, 1.165) is 10.0 Å². The molecule has 1 aliphatic rings. The lowest BCUT2D eigenvalue weighted by Crippen LogP contribution is -2.45. The zero-order valence-electron chi connectivity index (χ0n) is 18.1. The van der Waals surface area contributed by atoms with E-state index in [1.807, 2.05) is 0 Å². The van der Waals surface area contributed by atoms with E-state index in [9.17, 15) is 0 Å². The lowest BCUT2D eigenvalue weighted by molar-refractivity contribution is 0.491. The van der Waals surface area contributed by atoms with Gasteiger partial charge in [-0.1, -0.05) is 37.0 Å². The Morgan fingerprint density at radius 1 is 0.643 bits per heavy atom. The molecule has 0 unspecified atom stereocenters. The van der Waals surface area contributed by atoms with Gasteiger partial charge in [0.2, 0.25) is 0 Å². The molecule has 28 heavy (non-hydrogen) atoms. The molecule has 150 valence electrons. The van der Waals surface area contributed by atoms with Crippen molar-refractivity contribution in [3.63, 3.8) is 0 Å². The SMILES string of the molecule is CC1=C(C)N(c2c(C)cc(Cl)cc2C)C(C(C)C)N1c1c(C)cc(Cl)cc1C. The van der Waals surface area contributed by atoms with Gasteiger partial charge in [0.15, 0.2) is 0 Å². The van der Waals surface area contributed by atoms with Crippen LogP contribution in [0.25, 0.3) is 0 Å². The molecular formula is C24H30Cl2N2. The molecule has 2 nitrogen and oxygen atoms in total. The highest BCUT2D eigenvalue weighted by Gasteiger charge is 2.40. The van der Waals surface area contributed by atoms with Gasteiger partial charge in [-0.2, -0.15) is 0 Å².